The number of carbonyl (C=O) groups is 1. The number of anilines is 1. The van der Waals surface area contributed by atoms with E-state index < -0.39 is 0 Å². The van der Waals surface area contributed by atoms with Crippen molar-refractivity contribution < 1.29 is 13.9 Å². The smallest absolute Gasteiger partial charge is 0.316 e. The molecule has 0 radical (unpaired) electrons. The van der Waals surface area contributed by atoms with Gasteiger partial charge in [-0.15, -0.1) is 11.8 Å². The van der Waals surface area contributed by atoms with E-state index in [4.69, 9.17) is 16.3 Å². The molecule has 0 bridgehead atoms. The van der Waals surface area contributed by atoms with Gasteiger partial charge in [-0.2, -0.15) is 0 Å². The lowest BCUT2D eigenvalue weighted by Gasteiger charge is -2.38. The Morgan fingerprint density at radius 2 is 2.08 bits per heavy atom. The SMILES string of the molecule is O=C(CSc1ccc(Cl)cc1)OC1CN(c2nc3ccc(F)cc3s2)C1. The molecular formula is C18H14ClFN2O2S2. The minimum atomic E-state index is -0.263. The van der Waals surface area contributed by atoms with E-state index in [2.05, 4.69) is 4.98 Å². The van der Waals surface area contributed by atoms with Gasteiger partial charge in [-0.3, -0.25) is 4.79 Å². The minimum Gasteiger partial charge on any atom is -0.458 e. The van der Waals surface area contributed by atoms with E-state index in [1.807, 2.05) is 17.0 Å². The van der Waals surface area contributed by atoms with Crippen LogP contribution in [0.25, 0.3) is 10.2 Å². The lowest BCUT2D eigenvalue weighted by molar-refractivity contribution is -0.146. The van der Waals surface area contributed by atoms with Crippen molar-refractivity contribution >= 4 is 56.0 Å². The van der Waals surface area contributed by atoms with Gasteiger partial charge >= 0.3 is 5.97 Å². The molecule has 134 valence electrons. The molecule has 26 heavy (non-hydrogen) atoms. The summed E-state index contributed by atoms with van der Waals surface area (Å²) in [6.45, 7) is 1.22. The molecular weight excluding hydrogens is 395 g/mol. The van der Waals surface area contributed by atoms with Crippen LogP contribution in [0.1, 0.15) is 0 Å². The van der Waals surface area contributed by atoms with Crippen LogP contribution in [0.15, 0.2) is 47.4 Å². The first-order valence-corrected chi connectivity index (χ1v) is 10.1. The highest BCUT2D eigenvalue weighted by molar-refractivity contribution is 8.00. The van der Waals surface area contributed by atoms with Crippen molar-refractivity contribution in [1.82, 2.24) is 4.98 Å². The maximum atomic E-state index is 13.3. The van der Waals surface area contributed by atoms with E-state index in [-0.39, 0.29) is 23.6 Å². The Bertz CT molecular complexity index is 942. The maximum absolute atomic E-state index is 13.3. The second-order valence-corrected chi connectivity index (χ2v) is 8.36. The predicted molar refractivity (Wildman–Crippen MR) is 104 cm³/mol. The molecule has 0 saturated carbocycles. The quantitative estimate of drug-likeness (QED) is 0.455. The molecule has 2 aromatic carbocycles. The molecule has 0 aliphatic carbocycles. The number of hydrogen-bond donors (Lipinski definition) is 0. The van der Waals surface area contributed by atoms with Gasteiger partial charge in [0.25, 0.3) is 0 Å². The summed E-state index contributed by atoms with van der Waals surface area (Å²) < 4.78 is 19.5. The van der Waals surface area contributed by atoms with Crippen LogP contribution in [0, 0.1) is 5.82 Å². The van der Waals surface area contributed by atoms with Crippen molar-refractivity contribution in [2.45, 2.75) is 11.0 Å². The Hall–Kier alpha value is -1.83. The van der Waals surface area contributed by atoms with E-state index in [1.54, 1.807) is 18.2 Å². The Morgan fingerprint density at radius 3 is 2.85 bits per heavy atom. The number of carbonyl (C=O) groups excluding carboxylic acids is 1. The first-order chi connectivity index (χ1) is 12.6. The van der Waals surface area contributed by atoms with Crippen LogP contribution in [0.2, 0.25) is 5.02 Å². The monoisotopic (exact) mass is 408 g/mol. The molecule has 0 N–H and O–H groups in total. The zero-order chi connectivity index (χ0) is 18.1. The molecule has 0 atom stereocenters. The highest BCUT2D eigenvalue weighted by Crippen LogP contribution is 2.32. The van der Waals surface area contributed by atoms with Gasteiger partial charge in [0, 0.05) is 9.92 Å². The summed E-state index contributed by atoms with van der Waals surface area (Å²) >= 11 is 8.71. The maximum Gasteiger partial charge on any atom is 0.316 e. The number of aromatic nitrogens is 1. The van der Waals surface area contributed by atoms with Gasteiger partial charge in [-0.25, -0.2) is 9.37 Å². The summed E-state index contributed by atoms with van der Waals surface area (Å²) in [6.07, 6.45) is -0.128. The van der Waals surface area contributed by atoms with E-state index in [1.165, 1.54) is 35.2 Å². The fraction of sp³-hybridized carbons (Fsp3) is 0.222. The van der Waals surface area contributed by atoms with E-state index in [9.17, 15) is 9.18 Å². The first-order valence-electron chi connectivity index (χ1n) is 7.96. The Labute approximate surface area is 162 Å². The van der Waals surface area contributed by atoms with Crippen LogP contribution in [0.3, 0.4) is 0 Å². The van der Waals surface area contributed by atoms with Crippen LogP contribution in [-0.2, 0) is 9.53 Å². The summed E-state index contributed by atoms with van der Waals surface area (Å²) in [6, 6.07) is 11.9. The first kappa shape index (κ1) is 17.6. The largest absolute Gasteiger partial charge is 0.458 e. The summed E-state index contributed by atoms with van der Waals surface area (Å²) in [5.74, 6) is -0.235. The summed E-state index contributed by atoms with van der Waals surface area (Å²) in [4.78, 5) is 19.5. The topological polar surface area (TPSA) is 42.4 Å². The van der Waals surface area contributed by atoms with Gasteiger partial charge in [-0.05, 0) is 42.5 Å². The fourth-order valence-corrected chi connectivity index (χ4v) is 4.40. The number of halogens is 2. The van der Waals surface area contributed by atoms with Gasteiger partial charge in [-0.1, -0.05) is 22.9 Å². The lowest BCUT2D eigenvalue weighted by Crippen LogP contribution is -2.53. The van der Waals surface area contributed by atoms with Crippen molar-refractivity contribution in [2.24, 2.45) is 0 Å². The van der Waals surface area contributed by atoms with Crippen LogP contribution in [0.5, 0.6) is 0 Å². The standard InChI is InChI=1S/C18H14ClFN2O2S2/c19-11-1-4-14(5-2-11)25-10-17(23)24-13-8-22(9-13)18-21-15-6-3-12(20)7-16(15)26-18/h1-7,13H,8-10H2. The number of esters is 1. The normalized spacial score (nSPS) is 14.5. The average molecular weight is 409 g/mol. The van der Waals surface area contributed by atoms with Crippen LogP contribution >= 0.6 is 34.7 Å². The number of benzene rings is 2. The third kappa shape index (κ3) is 3.95. The third-order valence-electron chi connectivity index (χ3n) is 3.93. The molecule has 1 fully saturated rings. The second-order valence-electron chi connectivity index (χ2n) is 5.87. The molecule has 4 rings (SSSR count). The number of fused-ring (bicyclic) bond motifs is 1. The molecule has 0 spiro atoms. The highest BCUT2D eigenvalue weighted by Gasteiger charge is 2.32. The number of rotatable bonds is 5. The molecule has 0 amide bonds. The van der Waals surface area contributed by atoms with Crippen LogP contribution in [0.4, 0.5) is 9.52 Å². The second kappa shape index (κ2) is 7.42. The zero-order valence-electron chi connectivity index (χ0n) is 13.5. The van der Waals surface area contributed by atoms with Crippen molar-refractivity contribution in [3.63, 3.8) is 0 Å². The zero-order valence-corrected chi connectivity index (χ0v) is 15.9. The molecule has 1 saturated heterocycles. The summed E-state index contributed by atoms with van der Waals surface area (Å²) in [5, 5.41) is 1.50. The fourth-order valence-electron chi connectivity index (χ4n) is 2.58. The Balaban J connectivity index is 1.26. The van der Waals surface area contributed by atoms with Crippen molar-refractivity contribution in [2.75, 3.05) is 23.7 Å². The summed E-state index contributed by atoms with van der Waals surface area (Å²) in [7, 11) is 0. The summed E-state index contributed by atoms with van der Waals surface area (Å²) in [5.41, 5.74) is 0.784. The molecule has 3 aromatic rings. The van der Waals surface area contributed by atoms with Gasteiger partial charge in [0.2, 0.25) is 0 Å². The highest BCUT2D eigenvalue weighted by atomic mass is 35.5. The Kier molecular flexibility index (Phi) is 5.02. The molecule has 2 heterocycles. The number of ether oxygens (including phenoxy) is 1. The van der Waals surface area contributed by atoms with E-state index >= 15 is 0 Å². The number of thiazole rings is 1. The molecule has 0 unspecified atom stereocenters. The Morgan fingerprint density at radius 1 is 1.31 bits per heavy atom. The van der Waals surface area contributed by atoms with E-state index in [0.717, 1.165) is 20.2 Å². The van der Waals surface area contributed by atoms with Crippen LogP contribution in [-0.4, -0.2) is 35.9 Å². The average Bonchev–Trinajstić information content (AvgIpc) is 2.99. The lowest BCUT2D eigenvalue weighted by atomic mass is 10.2. The van der Waals surface area contributed by atoms with Crippen molar-refractivity contribution in [3.8, 4) is 0 Å². The van der Waals surface area contributed by atoms with Gasteiger partial charge in [0.1, 0.15) is 11.9 Å². The molecule has 1 aliphatic rings. The third-order valence-corrected chi connectivity index (χ3v) is 6.24. The molecule has 4 nitrogen and oxygen atoms in total. The molecule has 1 aromatic heterocycles. The van der Waals surface area contributed by atoms with Gasteiger partial charge in [0.05, 0.1) is 29.1 Å². The minimum absolute atomic E-state index is 0.128. The van der Waals surface area contributed by atoms with Crippen molar-refractivity contribution in [1.29, 1.82) is 0 Å². The number of thioether (sulfide) groups is 1. The van der Waals surface area contributed by atoms with Gasteiger partial charge < -0.3 is 9.64 Å². The molecule has 1 aliphatic heterocycles. The number of nitrogens with zero attached hydrogens (tertiary/aromatic N) is 2. The molecule has 8 heteroatoms. The van der Waals surface area contributed by atoms with E-state index in [0.29, 0.717) is 18.1 Å². The number of hydrogen-bond acceptors (Lipinski definition) is 6. The predicted octanol–water partition coefficient (Wildman–Crippen LogP) is 4.61. The van der Waals surface area contributed by atoms with Crippen molar-refractivity contribution in [3.05, 3.63) is 53.3 Å². The van der Waals surface area contributed by atoms with Crippen LogP contribution < -0.4 is 4.90 Å². The van der Waals surface area contributed by atoms with Gasteiger partial charge in [0.15, 0.2) is 5.13 Å².